The Bertz CT molecular complexity index is 772. The van der Waals surface area contributed by atoms with Crippen molar-refractivity contribution in [2.24, 2.45) is 0 Å². The van der Waals surface area contributed by atoms with Crippen LogP contribution in [0.15, 0.2) is 24.3 Å². The number of nitrogens with one attached hydrogen (secondary N) is 1. The largest absolute Gasteiger partial charge is 0.401 e. The van der Waals surface area contributed by atoms with Crippen molar-refractivity contribution in [3.63, 3.8) is 0 Å². The van der Waals surface area contributed by atoms with Crippen molar-refractivity contribution in [1.82, 2.24) is 20.0 Å². The smallest absolute Gasteiger partial charge is 0.336 e. The van der Waals surface area contributed by atoms with Crippen molar-refractivity contribution in [2.45, 2.75) is 20.0 Å². The molecule has 1 aliphatic rings. The van der Waals surface area contributed by atoms with Crippen LogP contribution < -0.4 is 0 Å². The third kappa shape index (κ3) is 4.07. The summed E-state index contributed by atoms with van der Waals surface area (Å²) in [6, 6.07) is 7.28. The van der Waals surface area contributed by atoms with Gasteiger partial charge in [0.2, 0.25) is 0 Å². The minimum absolute atomic E-state index is 0.155. The van der Waals surface area contributed by atoms with Crippen molar-refractivity contribution in [1.29, 1.82) is 0 Å². The number of benzene rings is 1. The Balaban J connectivity index is 1.71. The minimum Gasteiger partial charge on any atom is -0.336 e. The molecule has 8 heteroatoms. The fraction of sp³-hybridized carbons (Fsp3) is 0.444. The van der Waals surface area contributed by atoms with Crippen LogP contribution in [0.25, 0.3) is 11.1 Å². The van der Waals surface area contributed by atoms with Crippen LogP contribution in [0.3, 0.4) is 0 Å². The summed E-state index contributed by atoms with van der Waals surface area (Å²) < 4.78 is 37.4. The second-order valence-electron chi connectivity index (χ2n) is 6.57. The van der Waals surface area contributed by atoms with Gasteiger partial charge in [0.15, 0.2) is 0 Å². The van der Waals surface area contributed by atoms with Gasteiger partial charge in [0.25, 0.3) is 5.91 Å². The number of aromatic amines is 1. The Morgan fingerprint density at radius 3 is 2.46 bits per heavy atom. The molecule has 1 amide bonds. The first-order chi connectivity index (χ1) is 12.2. The van der Waals surface area contributed by atoms with Crippen molar-refractivity contribution in [3.8, 4) is 11.1 Å². The van der Waals surface area contributed by atoms with Crippen LogP contribution >= 0.6 is 0 Å². The zero-order chi connectivity index (χ0) is 18.9. The van der Waals surface area contributed by atoms with Gasteiger partial charge in [0.05, 0.1) is 12.2 Å². The molecule has 140 valence electrons. The molecule has 1 N–H and O–H groups in total. The van der Waals surface area contributed by atoms with Crippen LogP contribution in [-0.2, 0) is 0 Å². The lowest BCUT2D eigenvalue weighted by Gasteiger charge is -2.35. The first-order valence-corrected chi connectivity index (χ1v) is 8.45. The maximum atomic E-state index is 12.7. The average Bonchev–Trinajstić information content (AvgIpc) is 2.92. The lowest BCUT2D eigenvalue weighted by Crippen LogP contribution is -2.50. The Morgan fingerprint density at radius 1 is 1.19 bits per heavy atom. The molecule has 2 aromatic rings. The Hall–Kier alpha value is -2.35. The van der Waals surface area contributed by atoms with E-state index in [-0.39, 0.29) is 19.0 Å². The second kappa shape index (κ2) is 7.11. The van der Waals surface area contributed by atoms with Gasteiger partial charge in [-0.2, -0.15) is 18.3 Å². The van der Waals surface area contributed by atoms with Crippen LogP contribution in [0.2, 0.25) is 0 Å². The molecule has 0 saturated carbocycles. The quantitative estimate of drug-likeness (QED) is 0.909. The van der Waals surface area contributed by atoms with Crippen molar-refractivity contribution in [3.05, 3.63) is 41.2 Å². The monoisotopic (exact) mass is 366 g/mol. The van der Waals surface area contributed by atoms with E-state index >= 15 is 0 Å². The lowest BCUT2D eigenvalue weighted by atomic mass is 10.0. The molecule has 0 unspecified atom stereocenters. The number of aryl methyl sites for hydroxylation is 2. The summed E-state index contributed by atoms with van der Waals surface area (Å²) in [5.41, 5.74) is 4.18. The number of halogens is 3. The van der Waals surface area contributed by atoms with E-state index in [4.69, 9.17) is 0 Å². The fourth-order valence-corrected chi connectivity index (χ4v) is 3.33. The van der Waals surface area contributed by atoms with Gasteiger partial charge in [-0.15, -0.1) is 0 Å². The molecule has 2 heterocycles. The first-order valence-electron chi connectivity index (χ1n) is 8.45. The summed E-state index contributed by atoms with van der Waals surface area (Å²) in [6.45, 7) is 3.93. The molecule has 0 bridgehead atoms. The van der Waals surface area contributed by atoms with Crippen LogP contribution in [0.1, 0.15) is 21.7 Å². The maximum Gasteiger partial charge on any atom is 0.401 e. The number of rotatable bonds is 3. The molecule has 0 spiro atoms. The van der Waals surface area contributed by atoms with Crippen LogP contribution in [0.4, 0.5) is 13.2 Å². The summed E-state index contributed by atoms with van der Waals surface area (Å²) in [7, 11) is 0. The topological polar surface area (TPSA) is 52.2 Å². The SMILES string of the molecule is Cc1n[nH]c(C)c1-c1cccc(C(=O)N2CCN(CC(F)(F)F)CC2)c1. The number of H-pyrrole nitrogens is 1. The standard InChI is InChI=1S/C18H21F3N4O/c1-12-16(13(2)23-22-12)14-4-3-5-15(10-14)17(26)25-8-6-24(7-9-25)11-18(19,20)21/h3-5,10H,6-9,11H2,1-2H3,(H,22,23). The summed E-state index contributed by atoms with van der Waals surface area (Å²) in [5.74, 6) is -0.155. The Labute approximate surface area is 149 Å². The minimum atomic E-state index is -4.21. The highest BCUT2D eigenvalue weighted by atomic mass is 19.4. The van der Waals surface area contributed by atoms with Gasteiger partial charge in [-0.3, -0.25) is 14.8 Å². The first kappa shape index (κ1) is 18.4. The molecule has 1 fully saturated rings. The van der Waals surface area contributed by atoms with Gasteiger partial charge in [-0.25, -0.2) is 0 Å². The van der Waals surface area contributed by atoms with Gasteiger partial charge in [0, 0.05) is 43.0 Å². The number of aromatic nitrogens is 2. The molecule has 3 rings (SSSR count). The number of carbonyl (C=O) groups excluding carboxylic acids is 1. The zero-order valence-corrected chi connectivity index (χ0v) is 14.7. The molecule has 5 nitrogen and oxygen atoms in total. The average molecular weight is 366 g/mol. The second-order valence-corrected chi connectivity index (χ2v) is 6.57. The molecule has 0 aliphatic carbocycles. The highest BCUT2D eigenvalue weighted by Crippen LogP contribution is 2.26. The summed E-state index contributed by atoms with van der Waals surface area (Å²) in [5, 5.41) is 7.10. The van der Waals surface area contributed by atoms with Crippen molar-refractivity contribution < 1.29 is 18.0 Å². The van der Waals surface area contributed by atoms with E-state index in [0.29, 0.717) is 18.7 Å². The molecule has 0 radical (unpaired) electrons. The Kier molecular flexibility index (Phi) is 5.04. The number of piperazine rings is 1. The summed E-state index contributed by atoms with van der Waals surface area (Å²) in [4.78, 5) is 15.7. The molecule has 1 aliphatic heterocycles. The molecular formula is C18H21F3N4O. The zero-order valence-electron chi connectivity index (χ0n) is 14.7. The van der Waals surface area contributed by atoms with Gasteiger partial charge in [-0.05, 0) is 31.5 Å². The number of nitrogens with zero attached hydrogens (tertiary/aromatic N) is 3. The number of hydrogen-bond acceptors (Lipinski definition) is 3. The molecule has 1 aromatic heterocycles. The van der Waals surface area contributed by atoms with Gasteiger partial charge in [0.1, 0.15) is 0 Å². The normalized spacial score (nSPS) is 16.1. The predicted octanol–water partition coefficient (Wildman–Crippen LogP) is 3.01. The van der Waals surface area contributed by atoms with E-state index in [2.05, 4.69) is 10.2 Å². The third-order valence-corrected chi connectivity index (χ3v) is 4.59. The van der Waals surface area contributed by atoms with Crippen LogP contribution in [0.5, 0.6) is 0 Å². The van der Waals surface area contributed by atoms with E-state index < -0.39 is 12.7 Å². The van der Waals surface area contributed by atoms with E-state index in [1.54, 1.807) is 11.0 Å². The van der Waals surface area contributed by atoms with E-state index in [0.717, 1.165) is 22.5 Å². The fourth-order valence-electron chi connectivity index (χ4n) is 3.33. The van der Waals surface area contributed by atoms with Gasteiger partial charge in [-0.1, -0.05) is 12.1 Å². The van der Waals surface area contributed by atoms with Crippen LogP contribution in [0, 0.1) is 13.8 Å². The lowest BCUT2D eigenvalue weighted by molar-refractivity contribution is -0.148. The summed E-state index contributed by atoms with van der Waals surface area (Å²) in [6.07, 6.45) is -4.21. The molecule has 1 saturated heterocycles. The number of carbonyl (C=O) groups is 1. The third-order valence-electron chi connectivity index (χ3n) is 4.59. The number of amides is 1. The van der Waals surface area contributed by atoms with E-state index in [9.17, 15) is 18.0 Å². The van der Waals surface area contributed by atoms with Gasteiger partial charge >= 0.3 is 6.18 Å². The molecule has 1 aromatic carbocycles. The highest BCUT2D eigenvalue weighted by Gasteiger charge is 2.33. The van der Waals surface area contributed by atoms with Crippen molar-refractivity contribution in [2.75, 3.05) is 32.7 Å². The molecule has 0 atom stereocenters. The highest BCUT2D eigenvalue weighted by molar-refractivity contribution is 5.95. The van der Waals surface area contributed by atoms with Crippen molar-refractivity contribution >= 4 is 5.91 Å². The number of alkyl halides is 3. The predicted molar refractivity (Wildman–Crippen MR) is 91.9 cm³/mol. The van der Waals surface area contributed by atoms with E-state index in [1.807, 2.05) is 32.0 Å². The maximum absolute atomic E-state index is 12.7. The van der Waals surface area contributed by atoms with E-state index in [1.165, 1.54) is 4.90 Å². The van der Waals surface area contributed by atoms with Crippen LogP contribution in [-0.4, -0.2) is 64.8 Å². The molecular weight excluding hydrogens is 345 g/mol. The summed E-state index contributed by atoms with van der Waals surface area (Å²) >= 11 is 0. The van der Waals surface area contributed by atoms with Gasteiger partial charge < -0.3 is 4.90 Å². The Morgan fingerprint density at radius 2 is 1.88 bits per heavy atom. The number of hydrogen-bond donors (Lipinski definition) is 1. The molecule has 26 heavy (non-hydrogen) atoms.